The summed E-state index contributed by atoms with van der Waals surface area (Å²) in [6, 6.07) is 7.58. The van der Waals surface area contributed by atoms with Gasteiger partial charge in [0.25, 0.3) is 0 Å². The fourth-order valence-corrected chi connectivity index (χ4v) is 2.77. The number of benzene rings is 1. The SMILES string of the molecule is CCN(Cc1ccc2c(c1)OCCO2)C(=O)N[C@H](C)Cn1cccn1. The molecule has 2 heterocycles. The predicted molar refractivity (Wildman–Crippen MR) is 93.7 cm³/mol. The van der Waals surface area contributed by atoms with E-state index in [1.165, 1.54) is 0 Å². The lowest BCUT2D eigenvalue weighted by atomic mass is 10.2. The number of hydrogen-bond acceptors (Lipinski definition) is 4. The van der Waals surface area contributed by atoms with Crippen LogP contribution in [0.3, 0.4) is 0 Å². The smallest absolute Gasteiger partial charge is 0.317 e. The molecule has 134 valence electrons. The summed E-state index contributed by atoms with van der Waals surface area (Å²) >= 11 is 0. The number of amides is 2. The topological polar surface area (TPSA) is 68.6 Å². The minimum absolute atomic E-state index is 0.0123. The molecule has 0 saturated heterocycles. The van der Waals surface area contributed by atoms with Gasteiger partial charge in [-0.15, -0.1) is 0 Å². The van der Waals surface area contributed by atoms with Crippen LogP contribution >= 0.6 is 0 Å². The summed E-state index contributed by atoms with van der Waals surface area (Å²) in [5.41, 5.74) is 1.01. The van der Waals surface area contributed by atoms with Crippen LogP contribution in [0.25, 0.3) is 0 Å². The number of nitrogens with one attached hydrogen (secondary N) is 1. The monoisotopic (exact) mass is 344 g/mol. The highest BCUT2D eigenvalue weighted by Crippen LogP contribution is 2.31. The number of ether oxygens (including phenoxy) is 2. The first kappa shape index (κ1) is 17.1. The molecule has 0 aliphatic carbocycles. The van der Waals surface area contributed by atoms with E-state index in [1.54, 1.807) is 11.1 Å². The highest BCUT2D eigenvalue weighted by Gasteiger charge is 2.17. The van der Waals surface area contributed by atoms with Gasteiger partial charge < -0.3 is 19.7 Å². The van der Waals surface area contributed by atoms with E-state index in [1.807, 2.05) is 49.0 Å². The van der Waals surface area contributed by atoms with Crippen LogP contribution in [0.1, 0.15) is 19.4 Å². The Morgan fingerprint density at radius 1 is 1.36 bits per heavy atom. The molecule has 1 aliphatic rings. The lowest BCUT2D eigenvalue weighted by Gasteiger charge is -2.25. The van der Waals surface area contributed by atoms with Gasteiger partial charge in [0.05, 0.1) is 6.54 Å². The van der Waals surface area contributed by atoms with Gasteiger partial charge in [-0.3, -0.25) is 4.68 Å². The van der Waals surface area contributed by atoms with E-state index in [-0.39, 0.29) is 12.1 Å². The minimum atomic E-state index is -0.0861. The molecular weight excluding hydrogens is 320 g/mol. The lowest BCUT2D eigenvalue weighted by molar-refractivity contribution is 0.171. The molecule has 7 heteroatoms. The van der Waals surface area contributed by atoms with Gasteiger partial charge in [0.1, 0.15) is 13.2 Å². The first-order chi connectivity index (χ1) is 12.2. The summed E-state index contributed by atoms with van der Waals surface area (Å²) in [6.45, 7) is 6.85. The van der Waals surface area contributed by atoms with Crippen molar-refractivity contribution in [2.24, 2.45) is 0 Å². The van der Waals surface area contributed by atoms with E-state index in [0.717, 1.165) is 17.1 Å². The number of fused-ring (bicyclic) bond motifs is 1. The van der Waals surface area contributed by atoms with Crippen LogP contribution in [-0.4, -0.2) is 46.5 Å². The second-order valence-corrected chi connectivity index (χ2v) is 6.07. The highest BCUT2D eigenvalue weighted by molar-refractivity contribution is 5.74. The Hall–Kier alpha value is -2.70. The largest absolute Gasteiger partial charge is 0.486 e. The van der Waals surface area contributed by atoms with E-state index in [0.29, 0.717) is 32.8 Å². The van der Waals surface area contributed by atoms with Crippen LogP contribution in [-0.2, 0) is 13.1 Å². The molecule has 1 aromatic heterocycles. The summed E-state index contributed by atoms with van der Waals surface area (Å²) in [4.78, 5) is 14.3. The average molecular weight is 344 g/mol. The molecule has 3 rings (SSSR count). The zero-order valence-electron chi connectivity index (χ0n) is 14.6. The molecule has 1 aromatic carbocycles. The molecule has 1 N–H and O–H groups in total. The first-order valence-electron chi connectivity index (χ1n) is 8.57. The van der Waals surface area contributed by atoms with Crippen molar-refractivity contribution in [1.29, 1.82) is 0 Å². The quantitative estimate of drug-likeness (QED) is 0.873. The van der Waals surface area contributed by atoms with Crippen molar-refractivity contribution in [3.8, 4) is 11.5 Å². The maximum absolute atomic E-state index is 12.5. The Balaban J connectivity index is 1.58. The van der Waals surface area contributed by atoms with Crippen molar-refractivity contribution in [2.45, 2.75) is 33.0 Å². The van der Waals surface area contributed by atoms with Crippen LogP contribution < -0.4 is 14.8 Å². The zero-order chi connectivity index (χ0) is 17.6. The third-order valence-corrected chi connectivity index (χ3v) is 4.04. The Morgan fingerprint density at radius 2 is 2.16 bits per heavy atom. The maximum atomic E-state index is 12.5. The van der Waals surface area contributed by atoms with Crippen LogP contribution in [0.4, 0.5) is 4.79 Å². The van der Waals surface area contributed by atoms with Crippen molar-refractivity contribution < 1.29 is 14.3 Å². The molecule has 1 aliphatic heterocycles. The van der Waals surface area contributed by atoms with Gasteiger partial charge >= 0.3 is 6.03 Å². The fourth-order valence-electron chi connectivity index (χ4n) is 2.77. The molecule has 0 radical (unpaired) electrons. The van der Waals surface area contributed by atoms with Gasteiger partial charge in [0.2, 0.25) is 0 Å². The second-order valence-electron chi connectivity index (χ2n) is 6.07. The first-order valence-corrected chi connectivity index (χ1v) is 8.57. The molecule has 0 spiro atoms. The van der Waals surface area contributed by atoms with Crippen molar-refractivity contribution in [3.63, 3.8) is 0 Å². The maximum Gasteiger partial charge on any atom is 0.317 e. The molecule has 2 amide bonds. The van der Waals surface area contributed by atoms with Crippen LogP contribution in [0.5, 0.6) is 11.5 Å². The third-order valence-electron chi connectivity index (χ3n) is 4.04. The number of urea groups is 1. The van der Waals surface area contributed by atoms with Gasteiger partial charge in [-0.05, 0) is 37.6 Å². The van der Waals surface area contributed by atoms with Crippen molar-refractivity contribution in [2.75, 3.05) is 19.8 Å². The van der Waals surface area contributed by atoms with Crippen molar-refractivity contribution >= 4 is 6.03 Å². The van der Waals surface area contributed by atoms with Gasteiger partial charge in [-0.2, -0.15) is 5.10 Å². The van der Waals surface area contributed by atoms with E-state index < -0.39 is 0 Å². The van der Waals surface area contributed by atoms with Crippen LogP contribution in [0.15, 0.2) is 36.7 Å². The molecule has 0 fully saturated rings. The van der Waals surface area contributed by atoms with Crippen molar-refractivity contribution in [1.82, 2.24) is 20.0 Å². The number of rotatable bonds is 6. The number of nitrogens with zero attached hydrogens (tertiary/aromatic N) is 3. The normalized spacial score (nSPS) is 14.0. The summed E-state index contributed by atoms with van der Waals surface area (Å²) < 4.78 is 13.0. The molecule has 2 aromatic rings. The zero-order valence-corrected chi connectivity index (χ0v) is 14.6. The molecule has 0 saturated carbocycles. The Bertz CT molecular complexity index is 702. The summed E-state index contributed by atoms with van der Waals surface area (Å²) in [6.07, 6.45) is 3.62. The standard InChI is InChI=1S/C18H24N4O3/c1-3-21(18(23)20-14(2)12-22-8-4-7-19-22)13-15-5-6-16-17(11-15)25-10-9-24-16/h4-8,11,14H,3,9-10,12-13H2,1-2H3,(H,20,23)/t14-/m1/s1. The van der Waals surface area contributed by atoms with Gasteiger partial charge in [-0.1, -0.05) is 6.07 Å². The van der Waals surface area contributed by atoms with E-state index >= 15 is 0 Å². The third kappa shape index (κ3) is 4.43. The van der Waals surface area contributed by atoms with Gasteiger partial charge in [-0.25, -0.2) is 4.79 Å². The Morgan fingerprint density at radius 3 is 2.88 bits per heavy atom. The summed E-state index contributed by atoms with van der Waals surface area (Å²) in [5.74, 6) is 1.50. The van der Waals surface area contributed by atoms with Crippen LogP contribution in [0, 0.1) is 0 Å². The Kier molecular flexibility index (Phi) is 5.42. The molecule has 7 nitrogen and oxygen atoms in total. The van der Waals surface area contributed by atoms with Crippen molar-refractivity contribution in [3.05, 3.63) is 42.2 Å². The second kappa shape index (κ2) is 7.92. The van der Waals surface area contributed by atoms with E-state index in [4.69, 9.17) is 9.47 Å². The van der Waals surface area contributed by atoms with E-state index in [2.05, 4.69) is 10.4 Å². The average Bonchev–Trinajstić information content (AvgIpc) is 3.12. The number of carbonyl (C=O) groups excluding carboxylic acids is 1. The summed E-state index contributed by atoms with van der Waals surface area (Å²) in [5, 5.41) is 7.19. The molecule has 25 heavy (non-hydrogen) atoms. The molecular formula is C18H24N4O3. The number of hydrogen-bond donors (Lipinski definition) is 1. The minimum Gasteiger partial charge on any atom is -0.486 e. The number of aromatic nitrogens is 2. The number of carbonyl (C=O) groups is 1. The van der Waals surface area contributed by atoms with E-state index in [9.17, 15) is 4.79 Å². The Labute approximate surface area is 147 Å². The molecule has 0 unspecified atom stereocenters. The lowest BCUT2D eigenvalue weighted by Crippen LogP contribution is -2.44. The molecule has 1 atom stereocenters. The van der Waals surface area contributed by atoms with Gasteiger partial charge in [0, 0.05) is 31.5 Å². The highest BCUT2D eigenvalue weighted by atomic mass is 16.6. The fraction of sp³-hybridized carbons (Fsp3) is 0.444. The predicted octanol–water partition coefficient (Wildman–Crippen LogP) is 2.27. The van der Waals surface area contributed by atoms with Crippen LogP contribution in [0.2, 0.25) is 0 Å². The summed E-state index contributed by atoms with van der Waals surface area (Å²) in [7, 11) is 0. The molecule has 0 bridgehead atoms. The van der Waals surface area contributed by atoms with Gasteiger partial charge in [0.15, 0.2) is 11.5 Å².